The van der Waals surface area contributed by atoms with Gasteiger partial charge in [0.2, 0.25) is 0 Å². The molecule has 0 aromatic rings. The molecule has 3 heteroatoms. The highest BCUT2D eigenvalue weighted by Crippen LogP contribution is 2.01. The van der Waals surface area contributed by atoms with Crippen molar-refractivity contribution in [3.05, 3.63) is 0 Å². The van der Waals surface area contributed by atoms with Crippen LogP contribution in [0.3, 0.4) is 0 Å². The van der Waals surface area contributed by atoms with Gasteiger partial charge in [-0.1, -0.05) is 6.92 Å². The minimum Gasteiger partial charge on any atom is -0.314 e. The van der Waals surface area contributed by atoms with E-state index in [9.17, 15) is 5.11 Å². The second-order valence-corrected chi connectivity index (χ2v) is 2.65. The minimum absolute atomic E-state index is 0.470. The molecule has 1 unspecified atom stereocenters. The number of hydrogen-bond donors (Lipinski definition) is 1. The van der Waals surface area contributed by atoms with Gasteiger partial charge in [-0.05, 0) is 6.42 Å². The predicted molar refractivity (Wildman–Crippen MR) is 39.2 cm³/mol. The number of nitrogens with zero attached hydrogens (tertiary/aromatic N) is 1. The molecule has 1 aliphatic rings. The van der Waals surface area contributed by atoms with Crippen molar-refractivity contribution >= 4 is 0 Å². The second-order valence-electron chi connectivity index (χ2n) is 2.65. The number of rotatable bonds is 2. The molecule has 1 saturated heterocycles. The zero-order chi connectivity index (χ0) is 7.40. The molecule has 0 spiro atoms. The zero-order valence-electron chi connectivity index (χ0n) is 6.47. The van der Waals surface area contributed by atoms with Crippen LogP contribution in [0.25, 0.3) is 0 Å². The third kappa shape index (κ3) is 1.94. The summed E-state index contributed by atoms with van der Waals surface area (Å²) in [6, 6.07) is 0. The first-order chi connectivity index (χ1) is 4.84. The predicted octanol–water partition coefficient (Wildman–Crippen LogP) is 0.0582. The fourth-order valence-electron chi connectivity index (χ4n) is 1.23. The first-order valence-corrected chi connectivity index (χ1v) is 3.95. The summed E-state index contributed by atoms with van der Waals surface area (Å²) in [4.78, 5) is 2.00. The first kappa shape index (κ1) is 7.98. The molecule has 3 nitrogen and oxygen atoms in total. The molecule has 0 aromatic heterocycles. The Morgan fingerprint density at radius 2 is 2.10 bits per heavy atom. The van der Waals surface area contributed by atoms with Gasteiger partial charge in [-0.25, -0.2) is 5.11 Å². The first-order valence-electron chi connectivity index (χ1n) is 3.95. The minimum atomic E-state index is -0.470. The monoisotopic (exact) mass is 143 g/mol. The quantitative estimate of drug-likeness (QED) is 0.593. The third-order valence-corrected chi connectivity index (χ3v) is 1.91. The highest BCUT2D eigenvalue weighted by molar-refractivity contribution is 4.68. The van der Waals surface area contributed by atoms with Crippen molar-refractivity contribution in [2.45, 2.75) is 19.6 Å². The molecule has 0 bridgehead atoms. The highest BCUT2D eigenvalue weighted by atomic mass is 16.3. The van der Waals surface area contributed by atoms with Crippen LogP contribution in [-0.4, -0.2) is 37.3 Å². The van der Waals surface area contributed by atoms with Crippen molar-refractivity contribution in [1.82, 2.24) is 10.2 Å². The zero-order valence-corrected chi connectivity index (χ0v) is 6.47. The van der Waals surface area contributed by atoms with Crippen LogP contribution in [0.2, 0.25) is 0 Å². The van der Waals surface area contributed by atoms with Crippen molar-refractivity contribution in [3.8, 4) is 0 Å². The third-order valence-electron chi connectivity index (χ3n) is 1.91. The van der Waals surface area contributed by atoms with E-state index in [2.05, 4.69) is 5.32 Å². The van der Waals surface area contributed by atoms with Crippen LogP contribution in [0.15, 0.2) is 0 Å². The molecule has 1 aliphatic heterocycles. The van der Waals surface area contributed by atoms with Crippen LogP contribution in [0.5, 0.6) is 0 Å². The Bertz CT molecular complexity index is 91.6. The van der Waals surface area contributed by atoms with Crippen molar-refractivity contribution in [2.75, 3.05) is 26.2 Å². The van der Waals surface area contributed by atoms with Crippen LogP contribution in [0, 0.1) is 0 Å². The summed E-state index contributed by atoms with van der Waals surface area (Å²) < 4.78 is 0. The second kappa shape index (κ2) is 3.91. The molecule has 1 atom stereocenters. The Labute approximate surface area is 62.0 Å². The lowest BCUT2D eigenvalue weighted by molar-refractivity contribution is -0.0553. The van der Waals surface area contributed by atoms with E-state index in [0.717, 1.165) is 32.6 Å². The molecule has 59 valence electrons. The van der Waals surface area contributed by atoms with Gasteiger partial charge in [0.05, 0.1) is 0 Å². The number of hydrogen-bond acceptors (Lipinski definition) is 2. The summed E-state index contributed by atoms with van der Waals surface area (Å²) in [6.45, 7) is 5.72. The fraction of sp³-hybridized carbons (Fsp3) is 1.00. The Balaban J connectivity index is 2.24. The lowest BCUT2D eigenvalue weighted by atomic mass is 10.3. The van der Waals surface area contributed by atoms with E-state index in [-0.39, 0.29) is 0 Å². The van der Waals surface area contributed by atoms with E-state index < -0.39 is 6.23 Å². The van der Waals surface area contributed by atoms with Crippen LogP contribution >= 0.6 is 0 Å². The van der Waals surface area contributed by atoms with Crippen LogP contribution in [0.4, 0.5) is 0 Å². The lowest BCUT2D eigenvalue weighted by Gasteiger charge is -2.29. The van der Waals surface area contributed by atoms with Crippen molar-refractivity contribution in [3.63, 3.8) is 0 Å². The summed E-state index contributed by atoms with van der Waals surface area (Å²) in [7, 11) is 0. The Morgan fingerprint density at radius 1 is 1.50 bits per heavy atom. The molecule has 1 fully saturated rings. The number of nitrogens with one attached hydrogen (secondary N) is 1. The van der Waals surface area contributed by atoms with Gasteiger partial charge in [-0.15, -0.1) is 0 Å². The maximum Gasteiger partial charge on any atom is 0.146 e. The molecule has 1 radical (unpaired) electrons. The van der Waals surface area contributed by atoms with Gasteiger partial charge in [-0.3, -0.25) is 4.90 Å². The molecule has 0 amide bonds. The Hall–Kier alpha value is -0.120. The van der Waals surface area contributed by atoms with Gasteiger partial charge >= 0.3 is 0 Å². The van der Waals surface area contributed by atoms with E-state index >= 15 is 0 Å². The smallest absolute Gasteiger partial charge is 0.146 e. The van der Waals surface area contributed by atoms with Gasteiger partial charge in [-0.2, -0.15) is 0 Å². The topological polar surface area (TPSA) is 35.2 Å². The van der Waals surface area contributed by atoms with E-state index in [1.165, 1.54) is 0 Å². The number of piperazine rings is 1. The van der Waals surface area contributed by atoms with Gasteiger partial charge < -0.3 is 5.32 Å². The van der Waals surface area contributed by atoms with E-state index in [4.69, 9.17) is 0 Å². The lowest BCUT2D eigenvalue weighted by Crippen LogP contribution is -2.47. The molecule has 10 heavy (non-hydrogen) atoms. The normalized spacial score (nSPS) is 24.6. The molecule has 0 aromatic carbocycles. The van der Waals surface area contributed by atoms with Crippen molar-refractivity contribution in [2.24, 2.45) is 0 Å². The summed E-state index contributed by atoms with van der Waals surface area (Å²) in [5.74, 6) is 0. The van der Waals surface area contributed by atoms with Crippen molar-refractivity contribution in [1.29, 1.82) is 0 Å². The van der Waals surface area contributed by atoms with Crippen molar-refractivity contribution < 1.29 is 5.11 Å². The van der Waals surface area contributed by atoms with Gasteiger partial charge in [0, 0.05) is 26.2 Å². The molecule has 1 N–H and O–H groups in total. The van der Waals surface area contributed by atoms with E-state index in [1.807, 2.05) is 11.8 Å². The van der Waals surface area contributed by atoms with E-state index in [0.29, 0.717) is 0 Å². The average Bonchev–Trinajstić information content (AvgIpc) is 2.05. The fourth-order valence-corrected chi connectivity index (χ4v) is 1.23. The van der Waals surface area contributed by atoms with Gasteiger partial charge in [0.25, 0.3) is 0 Å². The summed E-state index contributed by atoms with van der Waals surface area (Å²) >= 11 is 0. The molecular weight excluding hydrogens is 128 g/mol. The molecule has 1 heterocycles. The largest absolute Gasteiger partial charge is 0.314 e. The maximum absolute atomic E-state index is 11.1. The Kier molecular flexibility index (Phi) is 3.12. The maximum atomic E-state index is 11.1. The van der Waals surface area contributed by atoms with Gasteiger partial charge in [0.1, 0.15) is 6.23 Å². The molecule has 1 rings (SSSR count). The standard InChI is InChI=1S/C7H15N2O/c1-2-7(10)9-5-3-8-4-6-9/h7-8H,2-6H2,1H3. The summed E-state index contributed by atoms with van der Waals surface area (Å²) in [5, 5.41) is 14.4. The summed E-state index contributed by atoms with van der Waals surface area (Å²) in [6.07, 6.45) is 0.252. The molecule has 0 aliphatic carbocycles. The Morgan fingerprint density at radius 3 is 2.60 bits per heavy atom. The van der Waals surface area contributed by atoms with Gasteiger partial charge in [0.15, 0.2) is 0 Å². The van der Waals surface area contributed by atoms with Crippen LogP contribution in [0.1, 0.15) is 13.3 Å². The van der Waals surface area contributed by atoms with E-state index in [1.54, 1.807) is 0 Å². The molecule has 0 saturated carbocycles. The SMILES string of the molecule is CCC([O])N1CCNCC1. The summed E-state index contributed by atoms with van der Waals surface area (Å²) in [5.41, 5.74) is 0. The average molecular weight is 143 g/mol. The molecular formula is C7H15N2O. The van der Waals surface area contributed by atoms with Crippen LogP contribution in [-0.2, 0) is 5.11 Å². The van der Waals surface area contributed by atoms with Crippen LogP contribution < -0.4 is 5.32 Å². The highest BCUT2D eigenvalue weighted by Gasteiger charge is 2.16.